The van der Waals surface area contributed by atoms with Crippen LogP contribution in [-0.4, -0.2) is 19.4 Å². The summed E-state index contributed by atoms with van der Waals surface area (Å²) in [7, 11) is 1.31. The van der Waals surface area contributed by atoms with E-state index in [0.717, 1.165) is 6.42 Å². The Morgan fingerprint density at radius 1 is 1.33 bits per heavy atom. The van der Waals surface area contributed by atoms with Crippen LogP contribution in [0.2, 0.25) is 0 Å². The van der Waals surface area contributed by atoms with Crippen molar-refractivity contribution in [1.82, 2.24) is 0 Å². The zero-order chi connectivity index (χ0) is 11.5. The molecule has 3 heteroatoms. The first-order chi connectivity index (χ1) is 7.20. The highest BCUT2D eigenvalue weighted by atomic mass is 16.7. The summed E-state index contributed by atoms with van der Waals surface area (Å²) in [5.41, 5.74) is 0. The summed E-state index contributed by atoms with van der Waals surface area (Å²) in [6, 6.07) is 0. The van der Waals surface area contributed by atoms with Gasteiger partial charge in [0.15, 0.2) is 0 Å². The molecule has 0 heterocycles. The van der Waals surface area contributed by atoms with Gasteiger partial charge >= 0.3 is 6.16 Å². The number of carbonyl (C=O) groups excluding carboxylic acids is 1. The van der Waals surface area contributed by atoms with Crippen molar-refractivity contribution in [3.05, 3.63) is 12.2 Å². The highest BCUT2D eigenvalue weighted by Crippen LogP contribution is 2.04. The zero-order valence-corrected chi connectivity index (χ0v) is 9.99. The molecular formula is C12H22O3. The zero-order valence-electron chi connectivity index (χ0n) is 9.99. The maximum atomic E-state index is 10.7. The Labute approximate surface area is 92.5 Å². The van der Waals surface area contributed by atoms with Gasteiger partial charge < -0.3 is 9.47 Å². The first-order valence-corrected chi connectivity index (χ1v) is 5.62. The van der Waals surface area contributed by atoms with Crippen molar-refractivity contribution in [2.75, 3.05) is 7.11 Å². The summed E-state index contributed by atoms with van der Waals surface area (Å²) in [4.78, 5) is 10.7. The first kappa shape index (κ1) is 14.0. The largest absolute Gasteiger partial charge is 0.508 e. The minimum atomic E-state index is -0.627. The highest BCUT2D eigenvalue weighted by Gasteiger charge is 2.04. The van der Waals surface area contributed by atoms with Gasteiger partial charge in [-0.1, -0.05) is 32.3 Å². The second kappa shape index (κ2) is 9.56. The van der Waals surface area contributed by atoms with Gasteiger partial charge in [-0.3, -0.25) is 0 Å². The van der Waals surface area contributed by atoms with Gasteiger partial charge in [-0.2, -0.15) is 0 Å². The maximum absolute atomic E-state index is 10.7. The molecule has 0 aliphatic rings. The van der Waals surface area contributed by atoms with Gasteiger partial charge in [-0.05, 0) is 25.8 Å². The molecule has 1 atom stereocenters. The fourth-order valence-corrected chi connectivity index (χ4v) is 1.22. The fourth-order valence-electron chi connectivity index (χ4n) is 1.22. The topological polar surface area (TPSA) is 35.5 Å². The summed E-state index contributed by atoms with van der Waals surface area (Å²) in [6.45, 7) is 4.02. The Bertz CT molecular complexity index is 187. The van der Waals surface area contributed by atoms with Crippen molar-refractivity contribution in [2.24, 2.45) is 0 Å². The third-order valence-electron chi connectivity index (χ3n) is 2.08. The third-order valence-corrected chi connectivity index (χ3v) is 2.08. The minimum Gasteiger partial charge on any atom is -0.438 e. The molecular weight excluding hydrogens is 192 g/mol. The van der Waals surface area contributed by atoms with E-state index < -0.39 is 6.16 Å². The predicted molar refractivity (Wildman–Crippen MR) is 60.9 cm³/mol. The second-order valence-electron chi connectivity index (χ2n) is 3.55. The molecule has 0 amide bonds. The van der Waals surface area contributed by atoms with Crippen LogP contribution in [0, 0.1) is 0 Å². The number of unbranched alkanes of at least 4 members (excludes halogenated alkanes) is 4. The van der Waals surface area contributed by atoms with E-state index in [9.17, 15) is 4.79 Å². The number of methoxy groups -OCH3 is 1. The van der Waals surface area contributed by atoms with Crippen LogP contribution in [-0.2, 0) is 9.47 Å². The van der Waals surface area contributed by atoms with E-state index in [4.69, 9.17) is 4.74 Å². The molecule has 1 unspecified atom stereocenters. The van der Waals surface area contributed by atoms with Gasteiger partial charge in [0.1, 0.15) is 6.10 Å². The molecule has 0 spiro atoms. The second-order valence-corrected chi connectivity index (χ2v) is 3.55. The summed E-state index contributed by atoms with van der Waals surface area (Å²) < 4.78 is 9.26. The molecule has 0 bridgehead atoms. The smallest absolute Gasteiger partial charge is 0.438 e. The summed E-state index contributed by atoms with van der Waals surface area (Å²) in [5, 5.41) is 0. The lowest BCUT2D eigenvalue weighted by molar-refractivity contribution is 0.0578. The van der Waals surface area contributed by atoms with Gasteiger partial charge in [-0.15, -0.1) is 0 Å². The Morgan fingerprint density at radius 2 is 2.07 bits per heavy atom. The Morgan fingerprint density at radius 3 is 2.67 bits per heavy atom. The standard InChI is InChI=1S/C12H22O3/c1-4-5-6-7-8-9-10-11(2)15-12(13)14-3/h9-11H,4-8H2,1-3H3/b10-9+. The van der Waals surface area contributed by atoms with Crippen LogP contribution in [0.4, 0.5) is 4.79 Å². The lowest BCUT2D eigenvalue weighted by Crippen LogP contribution is -2.12. The molecule has 0 aliphatic heterocycles. The predicted octanol–water partition coefficient (Wildman–Crippen LogP) is 3.68. The number of rotatable bonds is 7. The van der Waals surface area contributed by atoms with E-state index in [-0.39, 0.29) is 6.10 Å². The Balaban J connectivity index is 3.45. The Hall–Kier alpha value is -0.990. The number of hydrogen-bond acceptors (Lipinski definition) is 3. The van der Waals surface area contributed by atoms with Crippen LogP contribution < -0.4 is 0 Å². The van der Waals surface area contributed by atoms with Crippen molar-refractivity contribution in [2.45, 2.75) is 52.1 Å². The molecule has 0 radical (unpaired) electrons. The molecule has 0 aromatic heterocycles. The van der Waals surface area contributed by atoms with E-state index in [1.807, 2.05) is 13.0 Å². The van der Waals surface area contributed by atoms with Crippen molar-refractivity contribution in [1.29, 1.82) is 0 Å². The average Bonchev–Trinajstić information content (AvgIpc) is 2.23. The molecule has 0 aliphatic carbocycles. The lowest BCUT2D eigenvalue weighted by atomic mass is 10.1. The lowest BCUT2D eigenvalue weighted by Gasteiger charge is -2.06. The van der Waals surface area contributed by atoms with Crippen LogP contribution in [0.1, 0.15) is 46.0 Å². The molecule has 0 aromatic rings. The third kappa shape index (κ3) is 9.32. The van der Waals surface area contributed by atoms with Crippen LogP contribution in [0.25, 0.3) is 0 Å². The average molecular weight is 214 g/mol. The summed E-state index contributed by atoms with van der Waals surface area (Å²) in [6.07, 6.45) is 9.19. The van der Waals surface area contributed by atoms with Crippen LogP contribution in [0.15, 0.2) is 12.2 Å². The van der Waals surface area contributed by atoms with Crippen molar-refractivity contribution in [3.8, 4) is 0 Å². The highest BCUT2D eigenvalue weighted by molar-refractivity contribution is 5.59. The number of allylic oxidation sites excluding steroid dienone is 1. The van der Waals surface area contributed by atoms with E-state index in [2.05, 4.69) is 17.7 Å². The van der Waals surface area contributed by atoms with Crippen LogP contribution in [0.3, 0.4) is 0 Å². The van der Waals surface area contributed by atoms with E-state index in [1.165, 1.54) is 32.8 Å². The van der Waals surface area contributed by atoms with E-state index in [0.29, 0.717) is 0 Å². The van der Waals surface area contributed by atoms with Crippen molar-refractivity contribution in [3.63, 3.8) is 0 Å². The molecule has 0 saturated carbocycles. The van der Waals surface area contributed by atoms with Gasteiger partial charge in [0.05, 0.1) is 7.11 Å². The number of hydrogen-bond donors (Lipinski definition) is 0. The molecule has 88 valence electrons. The molecule has 0 aromatic carbocycles. The molecule has 3 nitrogen and oxygen atoms in total. The van der Waals surface area contributed by atoms with Crippen molar-refractivity contribution >= 4 is 6.16 Å². The molecule has 0 N–H and O–H groups in total. The molecule has 0 fully saturated rings. The van der Waals surface area contributed by atoms with Gasteiger partial charge in [0.25, 0.3) is 0 Å². The van der Waals surface area contributed by atoms with E-state index in [1.54, 1.807) is 0 Å². The molecule has 15 heavy (non-hydrogen) atoms. The first-order valence-electron chi connectivity index (χ1n) is 5.62. The van der Waals surface area contributed by atoms with Gasteiger partial charge in [-0.25, -0.2) is 4.79 Å². The van der Waals surface area contributed by atoms with Crippen LogP contribution >= 0.6 is 0 Å². The summed E-state index contributed by atoms with van der Waals surface area (Å²) in [5.74, 6) is 0. The monoisotopic (exact) mass is 214 g/mol. The van der Waals surface area contributed by atoms with Crippen LogP contribution in [0.5, 0.6) is 0 Å². The molecule has 0 rings (SSSR count). The minimum absolute atomic E-state index is 0.205. The van der Waals surface area contributed by atoms with Gasteiger partial charge in [0, 0.05) is 0 Å². The quantitative estimate of drug-likeness (QED) is 0.368. The fraction of sp³-hybridized carbons (Fsp3) is 0.750. The maximum Gasteiger partial charge on any atom is 0.508 e. The van der Waals surface area contributed by atoms with Gasteiger partial charge in [0.2, 0.25) is 0 Å². The summed E-state index contributed by atoms with van der Waals surface area (Å²) >= 11 is 0. The van der Waals surface area contributed by atoms with E-state index >= 15 is 0 Å². The Kier molecular flexibility index (Phi) is 8.93. The SMILES string of the molecule is CCCCCC/C=C/C(C)OC(=O)OC. The number of ether oxygens (including phenoxy) is 2. The molecule has 0 saturated heterocycles. The normalized spacial score (nSPS) is 12.7. The van der Waals surface area contributed by atoms with Crippen molar-refractivity contribution < 1.29 is 14.3 Å². The number of carbonyl (C=O) groups is 1.